The molecule has 0 radical (unpaired) electrons. The molecule has 7 heteroatoms. The average molecular weight is 410 g/mol. The van der Waals surface area contributed by atoms with Crippen LogP contribution >= 0.6 is 0 Å². The lowest BCUT2D eigenvalue weighted by atomic mass is 9.84. The summed E-state index contributed by atoms with van der Waals surface area (Å²) in [7, 11) is -2.43. The highest BCUT2D eigenvalue weighted by Gasteiger charge is 2.32. The molecule has 2 aromatic carbocycles. The van der Waals surface area contributed by atoms with Crippen molar-refractivity contribution in [3.8, 4) is 0 Å². The fourth-order valence-corrected chi connectivity index (χ4v) is 4.23. The summed E-state index contributed by atoms with van der Waals surface area (Å²) in [6, 6.07) is 22.2. The minimum absolute atomic E-state index is 0.0455. The summed E-state index contributed by atoms with van der Waals surface area (Å²) in [6.45, 7) is 1.59. The SMILES string of the molecule is CN(CC(=O)NC(C)(c1ccccc1)c1ccccc1)S(=O)(=O)c1cccnc1. The van der Waals surface area contributed by atoms with Crippen LogP contribution in [0.5, 0.6) is 0 Å². The first-order valence-electron chi connectivity index (χ1n) is 9.12. The van der Waals surface area contributed by atoms with Crippen LogP contribution in [0.25, 0.3) is 0 Å². The molecule has 1 aromatic heterocycles. The van der Waals surface area contributed by atoms with Gasteiger partial charge in [-0.05, 0) is 30.2 Å². The van der Waals surface area contributed by atoms with E-state index in [1.807, 2.05) is 67.6 Å². The first-order chi connectivity index (χ1) is 13.8. The van der Waals surface area contributed by atoms with Gasteiger partial charge in [-0.15, -0.1) is 0 Å². The molecule has 1 N–H and O–H groups in total. The molecule has 0 unspecified atom stereocenters. The van der Waals surface area contributed by atoms with E-state index in [1.165, 1.54) is 25.5 Å². The Labute approximate surface area is 171 Å². The van der Waals surface area contributed by atoms with E-state index in [0.717, 1.165) is 15.4 Å². The Morgan fingerprint density at radius 1 is 0.966 bits per heavy atom. The van der Waals surface area contributed by atoms with Gasteiger partial charge in [-0.25, -0.2) is 8.42 Å². The van der Waals surface area contributed by atoms with Gasteiger partial charge >= 0.3 is 0 Å². The van der Waals surface area contributed by atoms with E-state index in [2.05, 4.69) is 10.3 Å². The van der Waals surface area contributed by atoms with Crippen LogP contribution in [0.15, 0.2) is 90.1 Å². The maximum Gasteiger partial charge on any atom is 0.244 e. The Bertz CT molecular complexity index is 1020. The zero-order valence-electron chi connectivity index (χ0n) is 16.3. The van der Waals surface area contributed by atoms with E-state index < -0.39 is 21.5 Å². The molecule has 0 spiro atoms. The number of benzene rings is 2. The summed E-state index contributed by atoms with van der Waals surface area (Å²) < 4.78 is 26.4. The lowest BCUT2D eigenvalue weighted by Crippen LogP contribution is -2.48. The second-order valence-electron chi connectivity index (χ2n) is 6.86. The van der Waals surface area contributed by atoms with Crippen molar-refractivity contribution in [1.29, 1.82) is 0 Å². The van der Waals surface area contributed by atoms with Crippen molar-refractivity contribution in [3.05, 3.63) is 96.3 Å². The van der Waals surface area contributed by atoms with Crippen molar-refractivity contribution in [2.45, 2.75) is 17.4 Å². The molecule has 0 bridgehead atoms. The minimum atomic E-state index is -3.81. The lowest BCUT2D eigenvalue weighted by Gasteiger charge is -2.33. The fourth-order valence-electron chi connectivity index (χ4n) is 3.14. The van der Waals surface area contributed by atoms with Crippen LogP contribution in [0.3, 0.4) is 0 Å². The van der Waals surface area contributed by atoms with Crippen LogP contribution in [-0.4, -0.2) is 37.2 Å². The predicted octanol–water partition coefficient (Wildman–Crippen LogP) is 2.78. The molecule has 6 nitrogen and oxygen atoms in total. The second-order valence-corrected chi connectivity index (χ2v) is 8.90. The van der Waals surface area contributed by atoms with Crippen LogP contribution in [0.2, 0.25) is 0 Å². The number of carbonyl (C=O) groups excluding carboxylic acids is 1. The highest BCUT2D eigenvalue weighted by atomic mass is 32.2. The van der Waals surface area contributed by atoms with Crippen LogP contribution in [0.1, 0.15) is 18.1 Å². The van der Waals surface area contributed by atoms with Gasteiger partial charge < -0.3 is 5.32 Å². The van der Waals surface area contributed by atoms with Crippen LogP contribution in [0, 0.1) is 0 Å². The van der Waals surface area contributed by atoms with E-state index in [1.54, 1.807) is 6.07 Å². The number of likely N-dealkylation sites (N-methyl/N-ethyl adjacent to an activating group) is 1. The van der Waals surface area contributed by atoms with Gasteiger partial charge in [-0.2, -0.15) is 4.31 Å². The lowest BCUT2D eigenvalue weighted by molar-refractivity contribution is -0.122. The molecule has 0 aliphatic heterocycles. The molecule has 0 aliphatic carbocycles. The van der Waals surface area contributed by atoms with Crippen LogP contribution in [-0.2, 0) is 20.4 Å². The number of nitrogens with zero attached hydrogens (tertiary/aromatic N) is 2. The largest absolute Gasteiger partial charge is 0.342 e. The van der Waals surface area contributed by atoms with E-state index >= 15 is 0 Å². The molecule has 0 aliphatic rings. The van der Waals surface area contributed by atoms with Crippen molar-refractivity contribution in [3.63, 3.8) is 0 Å². The monoisotopic (exact) mass is 409 g/mol. The molecule has 0 fully saturated rings. The Morgan fingerprint density at radius 3 is 2.00 bits per heavy atom. The van der Waals surface area contributed by atoms with Crippen LogP contribution < -0.4 is 5.32 Å². The van der Waals surface area contributed by atoms with E-state index in [0.29, 0.717) is 0 Å². The van der Waals surface area contributed by atoms with Gasteiger partial charge in [0.25, 0.3) is 0 Å². The standard InChI is InChI=1S/C22H23N3O3S/c1-22(18-10-5-3-6-11-18,19-12-7-4-8-13-19)24-21(26)17-25(2)29(27,28)20-14-9-15-23-16-20/h3-16H,17H2,1-2H3,(H,24,26). The molecule has 0 saturated carbocycles. The van der Waals surface area contributed by atoms with E-state index in [9.17, 15) is 13.2 Å². The number of hydrogen-bond acceptors (Lipinski definition) is 4. The Morgan fingerprint density at radius 2 is 1.52 bits per heavy atom. The summed E-state index contributed by atoms with van der Waals surface area (Å²) in [5.74, 6) is -0.407. The fraction of sp³-hybridized carbons (Fsp3) is 0.182. The van der Waals surface area contributed by atoms with E-state index in [4.69, 9.17) is 0 Å². The summed E-state index contributed by atoms with van der Waals surface area (Å²) in [5, 5.41) is 3.02. The number of carbonyl (C=O) groups is 1. The third kappa shape index (κ3) is 4.52. The molecule has 3 aromatic rings. The zero-order valence-corrected chi connectivity index (χ0v) is 17.1. The van der Waals surface area contributed by atoms with E-state index in [-0.39, 0.29) is 11.4 Å². The third-order valence-electron chi connectivity index (χ3n) is 4.80. The minimum Gasteiger partial charge on any atom is -0.342 e. The van der Waals surface area contributed by atoms with Crippen LogP contribution in [0.4, 0.5) is 0 Å². The molecule has 0 atom stereocenters. The predicted molar refractivity (Wildman–Crippen MR) is 112 cm³/mol. The number of pyridine rings is 1. The Balaban J connectivity index is 1.85. The molecule has 3 rings (SSSR count). The topological polar surface area (TPSA) is 79.4 Å². The van der Waals surface area contributed by atoms with Gasteiger partial charge in [0.05, 0.1) is 12.1 Å². The first kappa shape index (κ1) is 20.7. The van der Waals surface area contributed by atoms with Gasteiger partial charge in [0.15, 0.2) is 0 Å². The van der Waals surface area contributed by atoms with Gasteiger partial charge in [0, 0.05) is 19.4 Å². The zero-order chi connectivity index (χ0) is 20.9. The summed E-state index contributed by atoms with van der Waals surface area (Å²) >= 11 is 0. The highest BCUT2D eigenvalue weighted by Crippen LogP contribution is 2.29. The quantitative estimate of drug-likeness (QED) is 0.651. The van der Waals surface area contributed by atoms with Gasteiger partial charge in [-0.3, -0.25) is 9.78 Å². The van der Waals surface area contributed by atoms with Gasteiger partial charge in [0.2, 0.25) is 15.9 Å². The number of amides is 1. The van der Waals surface area contributed by atoms with Crippen molar-refractivity contribution in [2.75, 3.05) is 13.6 Å². The molecule has 1 amide bonds. The summed E-state index contributed by atoms with van der Waals surface area (Å²) in [4.78, 5) is 16.8. The van der Waals surface area contributed by atoms with Crippen molar-refractivity contribution in [2.24, 2.45) is 0 Å². The molecular weight excluding hydrogens is 386 g/mol. The molecule has 29 heavy (non-hydrogen) atoms. The Hall–Kier alpha value is -3.03. The number of rotatable bonds is 7. The number of hydrogen-bond donors (Lipinski definition) is 1. The molecule has 0 saturated heterocycles. The third-order valence-corrected chi connectivity index (χ3v) is 6.59. The Kier molecular flexibility index (Phi) is 6.10. The van der Waals surface area contributed by atoms with Gasteiger partial charge in [0.1, 0.15) is 4.90 Å². The highest BCUT2D eigenvalue weighted by molar-refractivity contribution is 7.89. The maximum atomic E-state index is 12.9. The van der Waals surface area contributed by atoms with Crippen molar-refractivity contribution >= 4 is 15.9 Å². The van der Waals surface area contributed by atoms with Gasteiger partial charge in [-0.1, -0.05) is 60.7 Å². The molecular formula is C22H23N3O3S. The number of aromatic nitrogens is 1. The molecule has 150 valence electrons. The normalized spacial score (nSPS) is 12.0. The van der Waals surface area contributed by atoms with Crippen molar-refractivity contribution < 1.29 is 13.2 Å². The smallest absolute Gasteiger partial charge is 0.244 e. The number of sulfonamides is 1. The van der Waals surface area contributed by atoms with Crippen molar-refractivity contribution in [1.82, 2.24) is 14.6 Å². The average Bonchev–Trinajstić information content (AvgIpc) is 2.75. The first-order valence-corrected chi connectivity index (χ1v) is 10.6. The summed E-state index contributed by atoms with van der Waals surface area (Å²) in [6.07, 6.45) is 2.76. The molecule has 1 heterocycles. The number of nitrogens with one attached hydrogen (secondary N) is 1. The maximum absolute atomic E-state index is 12.9. The summed E-state index contributed by atoms with van der Waals surface area (Å²) in [5.41, 5.74) is 0.994. The second kappa shape index (κ2) is 8.55.